The minimum atomic E-state index is 0.00360. The summed E-state index contributed by atoms with van der Waals surface area (Å²) in [5, 5.41) is 3.34. The number of hydrogen-bond donors (Lipinski definition) is 1. The van der Waals surface area contributed by atoms with Crippen molar-refractivity contribution in [3.63, 3.8) is 0 Å². The quantitative estimate of drug-likeness (QED) is 0.680. The van der Waals surface area contributed by atoms with Crippen molar-refractivity contribution in [3.8, 4) is 0 Å². The van der Waals surface area contributed by atoms with E-state index in [0.29, 0.717) is 12.6 Å². The Labute approximate surface area is 91.0 Å². The van der Waals surface area contributed by atoms with Crippen LogP contribution in [0.4, 0.5) is 0 Å². The molecule has 2 aliphatic rings. The van der Waals surface area contributed by atoms with Gasteiger partial charge in [0.05, 0.1) is 12.5 Å². The van der Waals surface area contributed by atoms with Crippen molar-refractivity contribution in [2.75, 3.05) is 32.8 Å². The summed E-state index contributed by atoms with van der Waals surface area (Å²) in [5.41, 5.74) is 0. The fourth-order valence-electron chi connectivity index (χ4n) is 2.39. The number of nitrogens with one attached hydrogen (secondary N) is 1. The number of rotatable bonds is 3. The molecule has 0 amide bonds. The molecule has 0 aromatic carbocycles. The maximum Gasteiger partial charge on any atom is 0.309 e. The van der Waals surface area contributed by atoms with Crippen molar-refractivity contribution in [3.05, 3.63) is 0 Å². The van der Waals surface area contributed by atoms with Gasteiger partial charge in [0.25, 0.3) is 0 Å². The second-order valence-corrected chi connectivity index (χ2v) is 4.36. The van der Waals surface area contributed by atoms with Crippen LogP contribution in [0.3, 0.4) is 0 Å². The van der Waals surface area contributed by atoms with E-state index >= 15 is 0 Å². The van der Waals surface area contributed by atoms with E-state index in [-0.39, 0.29) is 11.9 Å². The molecule has 0 aromatic heterocycles. The van der Waals surface area contributed by atoms with E-state index in [0.717, 1.165) is 39.0 Å². The SMILES string of the molecule is CCOC(=O)C1CC(N2CCNCC2)C1. The number of esters is 1. The minimum absolute atomic E-state index is 0.00360. The van der Waals surface area contributed by atoms with Gasteiger partial charge in [0, 0.05) is 32.2 Å². The Bertz CT molecular complexity index is 221. The highest BCUT2D eigenvalue weighted by atomic mass is 16.5. The molecule has 1 aliphatic carbocycles. The van der Waals surface area contributed by atoms with Gasteiger partial charge in [-0.3, -0.25) is 9.69 Å². The monoisotopic (exact) mass is 212 g/mol. The average molecular weight is 212 g/mol. The van der Waals surface area contributed by atoms with Crippen LogP contribution >= 0.6 is 0 Å². The third-order valence-corrected chi connectivity index (χ3v) is 3.40. The Kier molecular flexibility index (Phi) is 3.59. The van der Waals surface area contributed by atoms with Crippen molar-refractivity contribution in [2.24, 2.45) is 5.92 Å². The third-order valence-electron chi connectivity index (χ3n) is 3.40. The summed E-state index contributed by atoms with van der Waals surface area (Å²) in [6, 6.07) is 0.626. The van der Waals surface area contributed by atoms with Crippen molar-refractivity contribution >= 4 is 5.97 Å². The smallest absolute Gasteiger partial charge is 0.309 e. The van der Waals surface area contributed by atoms with Gasteiger partial charge in [0.2, 0.25) is 0 Å². The van der Waals surface area contributed by atoms with E-state index in [4.69, 9.17) is 4.74 Å². The van der Waals surface area contributed by atoms with Crippen LogP contribution in [-0.2, 0) is 9.53 Å². The first kappa shape index (κ1) is 10.9. The summed E-state index contributed by atoms with van der Waals surface area (Å²) in [6.07, 6.45) is 2.00. The molecule has 0 unspecified atom stereocenters. The predicted octanol–water partition coefficient (Wildman–Crippen LogP) is 0.233. The zero-order chi connectivity index (χ0) is 10.7. The molecule has 1 N–H and O–H groups in total. The first-order valence-corrected chi connectivity index (χ1v) is 5.92. The van der Waals surface area contributed by atoms with Crippen LogP contribution < -0.4 is 5.32 Å². The van der Waals surface area contributed by atoms with Gasteiger partial charge in [-0.1, -0.05) is 0 Å². The van der Waals surface area contributed by atoms with Gasteiger partial charge >= 0.3 is 5.97 Å². The van der Waals surface area contributed by atoms with Gasteiger partial charge in [-0.2, -0.15) is 0 Å². The minimum Gasteiger partial charge on any atom is -0.466 e. The molecular weight excluding hydrogens is 192 g/mol. The maximum atomic E-state index is 11.4. The van der Waals surface area contributed by atoms with Crippen LogP contribution in [0.25, 0.3) is 0 Å². The van der Waals surface area contributed by atoms with Gasteiger partial charge in [-0.05, 0) is 19.8 Å². The largest absolute Gasteiger partial charge is 0.466 e. The standard InChI is InChI=1S/C11H20N2O2/c1-2-15-11(14)9-7-10(8-9)13-5-3-12-4-6-13/h9-10,12H,2-8H2,1H3. The summed E-state index contributed by atoms with van der Waals surface area (Å²) >= 11 is 0. The molecule has 15 heavy (non-hydrogen) atoms. The van der Waals surface area contributed by atoms with Crippen LogP contribution in [-0.4, -0.2) is 49.7 Å². The van der Waals surface area contributed by atoms with Crippen LogP contribution in [0.5, 0.6) is 0 Å². The summed E-state index contributed by atoms with van der Waals surface area (Å²) in [6.45, 7) is 6.79. The van der Waals surface area contributed by atoms with Gasteiger partial charge < -0.3 is 10.1 Å². The van der Waals surface area contributed by atoms with E-state index in [9.17, 15) is 4.79 Å². The second-order valence-electron chi connectivity index (χ2n) is 4.36. The first-order chi connectivity index (χ1) is 7.31. The fraction of sp³-hybridized carbons (Fsp3) is 0.909. The van der Waals surface area contributed by atoms with Crippen molar-refractivity contribution < 1.29 is 9.53 Å². The molecule has 2 fully saturated rings. The van der Waals surface area contributed by atoms with Crippen LogP contribution in [0.1, 0.15) is 19.8 Å². The third kappa shape index (κ3) is 2.49. The number of carbonyl (C=O) groups excluding carboxylic acids is 1. The van der Waals surface area contributed by atoms with E-state index < -0.39 is 0 Å². The Balaban J connectivity index is 1.70. The molecule has 1 aliphatic heterocycles. The Morgan fingerprint density at radius 1 is 1.40 bits per heavy atom. The van der Waals surface area contributed by atoms with E-state index in [1.165, 1.54) is 0 Å². The maximum absolute atomic E-state index is 11.4. The first-order valence-electron chi connectivity index (χ1n) is 5.92. The topological polar surface area (TPSA) is 41.6 Å². The van der Waals surface area contributed by atoms with Gasteiger partial charge in [-0.25, -0.2) is 0 Å². The molecule has 1 saturated carbocycles. The molecule has 86 valence electrons. The summed E-state index contributed by atoms with van der Waals surface area (Å²) in [4.78, 5) is 13.9. The number of ether oxygens (including phenoxy) is 1. The lowest BCUT2D eigenvalue weighted by Crippen LogP contribution is -2.54. The molecule has 1 heterocycles. The Hall–Kier alpha value is -0.610. The highest BCUT2D eigenvalue weighted by Crippen LogP contribution is 2.32. The molecule has 0 aromatic rings. The van der Waals surface area contributed by atoms with Gasteiger partial charge in [0.15, 0.2) is 0 Å². The highest BCUT2D eigenvalue weighted by molar-refractivity contribution is 5.73. The highest BCUT2D eigenvalue weighted by Gasteiger charge is 2.38. The van der Waals surface area contributed by atoms with E-state index in [2.05, 4.69) is 10.2 Å². The summed E-state index contributed by atoms with van der Waals surface area (Å²) in [5.74, 6) is 0.175. The molecular formula is C11H20N2O2. The second kappa shape index (κ2) is 4.94. The summed E-state index contributed by atoms with van der Waals surface area (Å²) in [7, 11) is 0. The van der Waals surface area contributed by atoms with Gasteiger partial charge in [-0.15, -0.1) is 0 Å². The average Bonchev–Trinajstić information content (AvgIpc) is 2.17. The predicted molar refractivity (Wildman–Crippen MR) is 57.6 cm³/mol. The van der Waals surface area contributed by atoms with Gasteiger partial charge in [0.1, 0.15) is 0 Å². The Morgan fingerprint density at radius 2 is 2.07 bits per heavy atom. The van der Waals surface area contributed by atoms with Crippen molar-refractivity contribution in [1.82, 2.24) is 10.2 Å². The van der Waals surface area contributed by atoms with E-state index in [1.807, 2.05) is 6.92 Å². The Morgan fingerprint density at radius 3 is 2.67 bits per heavy atom. The fourth-order valence-corrected chi connectivity index (χ4v) is 2.39. The molecule has 2 rings (SSSR count). The van der Waals surface area contributed by atoms with E-state index in [1.54, 1.807) is 0 Å². The number of nitrogens with zero attached hydrogens (tertiary/aromatic N) is 1. The molecule has 0 spiro atoms. The number of piperazine rings is 1. The number of hydrogen-bond acceptors (Lipinski definition) is 4. The van der Waals surface area contributed by atoms with Crippen LogP contribution in [0.15, 0.2) is 0 Å². The molecule has 1 saturated heterocycles. The molecule has 0 radical (unpaired) electrons. The lowest BCUT2D eigenvalue weighted by atomic mass is 9.79. The zero-order valence-corrected chi connectivity index (χ0v) is 9.37. The summed E-state index contributed by atoms with van der Waals surface area (Å²) < 4.78 is 5.01. The van der Waals surface area contributed by atoms with Crippen LogP contribution in [0, 0.1) is 5.92 Å². The zero-order valence-electron chi connectivity index (χ0n) is 9.37. The normalized spacial score (nSPS) is 32.1. The number of carbonyl (C=O) groups is 1. The van der Waals surface area contributed by atoms with Crippen molar-refractivity contribution in [2.45, 2.75) is 25.8 Å². The lowest BCUT2D eigenvalue weighted by molar-refractivity contribution is -0.153. The van der Waals surface area contributed by atoms with Crippen LogP contribution in [0.2, 0.25) is 0 Å². The molecule has 0 atom stereocenters. The lowest BCUT2D eigenvalue weighted by Gasteiger charge is -2.43. The molecule has 0 bridgehead atoms. The molecule has 4 nitrogen and oxygen atoms in total. The van der Waals surface area contributed by atoms with Crippen molar-refractivity contribution in [1.29, 1.82) is 0 Å². The molecule has 4 heteroatoms.